The van der Waals surface area contributed by atoms with E-state index >= 15 is 0 Å². The predicted molar refractivity (Wildman–Crippen MR) is 83.5 cm³/mol. The minimum absolute atomic E-state index is 0. The van der Waals surface area contributed by atoms with Crippen LogP contribution >= 0.6 is 12.4 Å². The summed E-state index contributed by atoms with van der Waals surface area (Å²) in [4.78, 5) is 11.9. The van der Waals surface area contributed by atoms with Gasteiger partial charge < -0.3 is 0 Å². The molecule has 0 N–H and O–H groups in total. The Bertz CT molecular complexity index is 743. The summed E-state index contributed by atoms with van der Waals surface area (Å²) < 4.78 is 74.5. The second kappa shape index (κ2) is 7.74. The molecular formula is C17H11ClF6O. The highest BCUT2D eigenvalue weighted by molar-refractivity contribution is 6.06. The topological polar surface area (TPSA) is 17.1 Å². The molecule has 2 rings (SSSR count). The van der Waals surface area contributed by atoms with E-state index in [4.69, 9.17) is 0 Å². The van der Waals surface area contributed by atoms with Crippen molar-refractivity contribution in [3.05, 3.63) is 76.9 Å². The maximum Gasteiger partial charge on any atom is 0.416 e. The Hall–Kier alpha value is -2.28. The lowest BCUT2D eigenvalue weighted by Crippen LogP contribution is -2.05. The van der Waals surface area contributed by atoms with Gasteiger partial charge in [-0.2, -0.15) is 26.3 Å². The molecule has 0 spiro atoms. The van der Waals surface area contributed by atoms with Crippen molar-refractivity contribution in [2.45, 2.75) is 12.4 Å². The van der Waals surface area contributed by atoms with Crippen molar-refractivity contribution >= 4 is 24.3 Å². The van der Waals surface area contributed by atoms with Crippen molar-refractivity contribution in [3.8, 4) is 0 Å². The van der Waals surface area contributed by atoms with Crippen molar-refractivity contribution in [1.82, 2.24) is 0 Å². The summed E-state index contributed by atoms with van der Waals surface area (Å²) in [6.45, 7) is 0. The van der Waals surface area contributed by atoms with E-state index in [0.717, 1.165) is 42.5 Å². The summed E-state index contributed by atoms with van der Waals surface area (Å²) in [5, 5.41) is 0. The highest BCUT2D eigenvalue weighted by Gasteiger charge is 2.30. The Labute approximate surface area is 145 Å². The molecule has 0 saturated heterocycles. The summed E-state index contributed by atoms with van der Waals surface area (Å²) >= 11 is 0. The number of carbonyl (C=O) groups excluding carboxylic acids is 1. The molecule has 0 bridgehead atoms. The fourth-order valence-electron chi connectivity index (χ4n) is 1.87. The number of rotatable bonds is 3. The van der Waals surface area contributed by atoms with Crippen molar-refractivity contribution in [2.24, 2.45) is 0 Å². The van der Waals surface area contributed by atoms with Gasteiger partial charge in [-0.3, -0.25) is 4.79 Å². The van der Waals surface area contributed by atoms with Gasteiger partial charge in [0.05, 0.1) is 11.1 Å². The van der Waals surface area contributed by atoms with Gasteiger partial charge in [-0.25, -0.2) is 0 Å². The molecule has 0 saturated carbocycles. The van der Waals surface area contributed by atoms with Crippen LogP contribution in [0.15, 0.2) is 54.6 Å². The Morgan fingerprint density at radius 1 is 0.720 bits per heavy atom. The van der Waals surface area contributed by atoms with Crippen molar-refractivity contribution in [1.29, 1.82) is 0 Å². The SMILES string of the molecule is Cl.O=C(/C=C/c1ccc(C(F)(F)F)cc1)c1ccc(C(F)(F)F)cc1. The number of benzene rings is 2. The number of hydrogen-bond acceptors (Lipinski definition) is 1. The van der Waals surface area contributed by atoms with Crippen LogP contribution in [0.3, 0.4) is 0 Å². The Morgan fingerprint density at radius 2 is 1.12 bits per heavy atom. The molecular weight excluding hydrogens is 370 g/mol. The van der Waals surface area contributed by atoms with E-state index in [1.807, 2.05) is 0 Å². The lowest BCUT2D eigenvalue weighted by molar-refractivity contribution is -0.138. The molecule has 8 heteroatoms. The first kappa shape index (κ1) is 20.8. The van der Waals surface area contributed by atoms with Crippen LogP contribution in [0.25, 0.3) is 6.08 Å². The Morgan fingerprint density at radius 3 is 1.52 bits per heavy atom. The van der Waals surface area contributed by atoms with E-state index < -0.39 is 29.3 Å². The zero-order chi connectivity index (χ0) is 18.0. The van der Waals surface area contributed by atoms with Crippen LogP contribution in [0.1, 0.15) is 27.0 Å². The van der Waals surface area contributed by atoms with Gasteiger partial charge in [0.2, 0.25) is 0 Å². The van der Waals surface area contributed by atoms with Gasteiger partial charge in [0.1, 0.15) is 0 Å². The fourth-order valence-corrected chi connectivity index (χ4v) is 1.87. The number of allylic oxidation sites excluding steroid dienone is 1. The minimum atomic E-state index is -4.49. The molecule has 0 radical (unpaired) electrons. The van der Waals surface area contributed by atoms with Crippen LogP contribution in [0.5, 0.6) is 0 Å². The number of hydrogen-bond donors (Lipinski definition) is 0. The summed E-state index contributed by atoms with van der Waals surface area (Å²) in [5.41, 5.74) is -1.27. The first-order chi connectivity index (χ1) is 11.1. The molecule has 0 atom stereocenters. The highest BCUT2D eigenvalue weighted by Crippen LogP contribution is 2.30. The quantitative estimate of drug-likeness (QED) is 0.360. The number of halogens is 7. The lowest BCUT2D eigenvalue weighted by atomic mass is 10.1. The van der Waals surface area contributed by atoms with Gasteiger partial charge in [-0.1, -0.05) is 30.3 Å². The first-order valence-electron chi connectivity index (χ1n) is 6.64. The summed E-state index contributed by atoms with van der Waals surface area (Å²) in [6.07, 6.45) is -6.55. The van der Waals surface area contributed by atoms with Crippen LogP contribution in [-0.2, 0) is 12.4 Å². The molecule has 0 aliphatic carbocycles. The smallest absolute Gasteiger partial charge is 0.289 e. The number of carbonyl (C=O) groups is 1. The maximum absolute atomic E-state index is 12.4. The van der Waals surface area contributed by atoms with Crippen molar-refractivity contribution < 1.29 is 31.1 Å². The van der Waals surface area contributed by atoms with E-state index in [1.165, 1.54) is 18.2 Å². The average Bonchev–Trinajstić information content (AvgIpc) is 2.51. The zero-order valence-electron chi connectivity index (χ0n) is 12.4. The molecule has 134 valence electrons. The first-order valence-corrected chi connectivity index (χ1v) is 6.64. The number of ketones is 1. The molecule has 0 amide bonds. The Kier molecular flexibility index (Phi) is 6.42. The summed E-state index contributed by atoms with van der Waals surface area (Å²) in [6, 6.07) is 7.81. The van der Waals surface area contributed by atoms with Gasteiger partial charge in [0, 0.05) is 5.56 Å². The fraction of sp³-hybridized carbons (Fsp3) is 0.118. The molecule has 0 heterocycles. The van der Waals surface area contributed by atoms with Gasteiger partial charge in [-0.05, 0) is 35.9 Å². The maximum atomic E-state index is 12.4. The lowest BCUT2D eigenvalue weighted by Gasteiger charge is -2.06. The van der Waals surface area contributed by atoms with Gasteiger partial charge in [0.25, 0.3) is 0 Å². The van der Waals surface area contributed by atoms with Crippen LogP contribution < -0.4 is 0 Å². The second-order valence-electron chi connectivity index (χ2n) is 4.89. The standard InChI is InChI=1S/C17H10F6O.ClH/c18-16(19,20)13-6-1-11(2-7-13)3-10-15(24)12-4-8-14(9-5-12)17(21,22)23;/h1-10H;1H/b10-3+;. The molecule has 2 aromatic rings. The minimum Gasteiger partial charge on any atom is -0.289 e. The largest absolute Gasteiger partial charge is 0.416 e. The van der Waals surface area contributed by atoms with Crippen molar-refractivity contribution in [3.63, 3.8) is 0 Å². The van der Waals surface area contributed by atoms with Crippen molar-refractivity contribution in [2.75, 3.05) is 0 Å². The monoisotopic (exact) mass is 380 g/mol. The highest BCUT2D eigenvalue weighted by atomic mass is 35.5. The van der Waals surface area contributed by atoms with Crippen LogP contribution in [0.2, 0.25) is 0 Å². The third-order valence-corrected chi connectivity index (χ3v) is 3.16. The molecule has 0 aromatic heterocycles. The number of alkyl halides is 6. The van der Waals surface area contributed by atoms with Crippen LogP contribution in [-0.4, -0.2) is 5.78 Å². The van der Waals surface area contributed by atoms with E-state index in [1.54, 1.807) is 0 Å². The molecule has 1 nitrogen and oxygen atoms in total. The van der Waals surface area contributed by atoms with Gasteiger partial charge in [-0.15, -0.1) is 12.4 Å². The van der Waals surface area contributed by atoms with Gasteiger partial charge in [0.15, 0.2) is 5.78 Å². The second-order valence-corrected chi connectivity index (χ2v) is 4.89. The van der Waals surface area contributed by atoms with E-state index in [2.05, 4.69) is 0 Å². The zero-order valence-corrected chi connectivity index (χ0v) is 13.2. The molecule has 0 aliphatic rings. The van der Waals surface area contributed by atoms with Gasteiger partial charge >= 0.3 is 12.4 Å². The molecule has 0 fully saturated rings. The summed E-state index contributed by atoms with van der Waals surface area (Å²) in [5.74, 6) is -0.552. The van der Waals surface area contributed by atoms with E-state index in [0.29, 0.717) is 5.56 Å². The van der Waals surface area contributed by atoms with Crippen LogP contribution in [0, 0.1) is 0 Å². The van der Waals surface area contributed by atoms with E-state index in [9.17, 15) is 31.1 Å². The van der Waals surface area contributed by atoms with Crippen LogP contribution in [0.4, 0.5) is 26.3 Å². The predicted octanol–water partition coefficient (Wildman–Crippen LogP) is 6.04. The molecule has 0 aliphatic heterocycles. The summed E-state index contributed by atoms with van der Waals surface area (Å²) in [7, 11) is 0. The normalized spacial score (nSPS) is 12.1. The van der Waals surface area contributed by atoms with E-state index in [-0.39, 0.29) is 18.0 Å². The Balaban J connectivity index is 0.00000312. The third kappa shape index (κ3) is 5.63. The molecule has 25 heavy (non-hydrogen) atoms. The molecule has 2 aromatic carbocycles. The average molecular weight is 381 g/mol. The third-order valence-electron chi connectivity index (χ3n) is 3.16. The molecule has 0 unspecified atom stereocenters.